The van der Waals surface area contributed by atoms with Gasteiger partial charge in [-0.1, -0.05) is 24.3 Å². The van der Waals surface area contributed by atoms with Crippen molar-refractivity contribution in [3.63, 3.8) is 0 Å². The van der Waals surface area contributed by atoms with E-state index in [0.29, 0.717) is 12.8 Å². The number of amides is 2. The normalized spacial score (nSPS) is 48.9. The van der Waals surface area contributed by atoms with Crippen molar-refractivity contribution < 1.29 is 14.7 Å². The number of carbonyl (C=O) groups is 2. The van der Waals surface area contributed by atoms with E-state index < -0.39 is 17.1 Å². The van der Waals surface area contributed by atoms with E-state index in [4.69, 9.17) is 0 Å². The molecule has 2 fully saturated rings. The van der Waals surface area contributed by atoms with E-state index in [0.717, 1.165) is 0 Å². The third-order valence-electron chi connectivity index (χ3n) is 5.88. The number of hydrogen-bond acceptors (Lipinski definition) is 3. The van der Waals surface area contributed by atoms with Gasteiger partial charge in [-0.05, 0) is 12.8 Å². The molecule has 2 aliphatic carbocycles. The van der Waals surface area contributed by atoms with Crippen molar-refractivity contribution in [3.8, 4) is 0 Å². The molecular weight excluding hydrogens is 256 g/mol. The maximum absolute atomic E-state index is 13.0. The van der Waals surface area contributed by atoms with Crippen molar-refractivity contribution in [3.05, 3.63) is 24.3 Å². The van der Waals surface area contributed by atoms with Gasteiger partial charge in [0.05, 0.1) is 23.6 Å². The Labute approximate surface area is 117 Å². The third kappa shape index (κ3) is 0.965. The Morgan fingerprint density at radius 3 is 2.75 bits per heavy atom. The molecule has 20 heavy (non-hydrogen) atoms. The van der Waals surface area contributed by atoms with E-state index in [9.17, 15) is 14.7 Å². The van der Waals surface area contributed by atoms with Gasteiger partial charge in [-0.15, -0.1) is 0 Å². The fraction of sp³-hybridized carbons (Fsp3) is 0.600. The highest BCUT2D eigenvalue weighted by atomic mass is 16.3. The highest BCUT2D eigenvalue weighted by molar-refractivity contribution is 5.96. The van der Waals surface area contributed by atoms with Crippen molar-refractivity contribution in [1.82, 2.24) is 9.80 Å². The number of hydrogen-bond donors (Lipinski definition) is 1. The molecule has 0 unspecified atom stereocenters. The van der Waals surface area contributed by atoms with E-state index in [1.807, 2.05) is 24.3 Å². The van der Waals surface area contributed by atoms with Crippen LogP contribution >= 0.6 is 0 Å². The maximum atomic E-state index is 13.0. The monoisotopic (exact) mass is 274 g/mol. The number of aliphatic hydroxyl groups excluding tert-OH is 1. The summed E-state index contributed by atoms with van der Waals surface area (Å²) in [6, 6.07) is -0.245. The lowest BCUT2D eigenvalue weighted by Gasteiger charge is -2.57. The summed E-state index contributed by atoms with van der Waals surface area (Å²) in [6.07, 6.45) is 8.14. The zero-order valence-electron chi connectivity index (χ0n) is 11.6. The van der Waals surface area contributed by atoms with Crippen LogP contribution in [0.3, 0.4) is 0 Å². The van der Waals surface area contributed by atoms with Crippen molar-refractivity contribution in [2.75, 3.05) is 14.1 Å². The average Bonchev–Trinajstić information content (AvgIpc) is 2.67. The molecule has 7 aliphatic rings. The minimum Gasteiger partial charge on any atom is -0.392 e. The average molecular weight is 274 g/mol. The van der Waals surface area contributed by atoms with Gasteiger partial charge in [0.25, 0.3) is 0 Å². The highest BCUT2D eigenvalue weighted by Gasteiger charge is 2.69. The summed E-state index contributed by atoms with van der Waals surface area (Å²) in [7, 11) is 3.50. The zero-order valence-corrected chi connectivity index (χ0v) is 11.6. The fourth-order valence-corrected chi connectivity index (χ4v) is 4.71. The summed E-state index contributed by atoms with van der Waals surface area (Å²) in [6.45, 7) is 0. The van der Waals surface area contributed by atoms with Crippen LogP contribution in [0.1, 0.15) is 12.8 Å². The number of nitrogens with zero attached hydrogens (tertiary/aromatic N) is 2. The Morgan fingerprint density at radius 2 is 2.00 bits per heavy atom. The number of rotatable bonds is 0. The predicted molar refractivity (Wildman–Crippen MR) is 71.5 cm³/mol. The van der Waals surface area contributed by atoms with Crippen LogP contribution in [0.2, 0.25) is 0 Å². The van der Waals surface area contributed by atoms with Crippen LogP contribution < -0.4 is 0 Å². The van der Waals surface area contributed by atoms with Gasteiger partial charge in [-0.25, -0.2) is 0 Å². The first-order valence-electron chi connectivity index (χ1n) is 7.07. The van der Waals surface area contributed by atoms with Gasteiger partial charge in [-0.2, -0.15) is 0 Å². The topological polar surface area (TPSA) is 60.9 Å². The molecule has 5 aliphatic heterocycles. The Kier molecular flexibility index (Phi) is 2.03. The van der Waals surface area contributed by atoms with Gasteiger partial charge >= 0.3 is 0 Å². The van der Waals surface area contributed by atoms with Crippen molar-refractivity contribution in [1.29, 1.82) is 0 Å². The third-order valence-corrected chi connectivity index (χ3v) is 5.88. The summed E-state index contributed by atoms with van der Waals surface area (Å²) >= 11 is 0. The lowest BCUT2D eigenvalue weighted by Crippen LogP contribution is -2.72. The number of aliphatic hydroxyl groups is 1. The number of carbonyl (C=O) groups excluding carboxylic acids is 2. The Balaban J connectivity index is 2.08. The first-order valence-corrected chi connectivity index (χ1v) is 7.07. The molecule has 0 aromatic heterocycles. The molecule has 0 radical (unpaired) electrons. The van der Waals surface area contributed by atoms with Crippen LogP contribution in [-0.2, 0) is 9.59 Å². The van der Waals surface area contributed by atoms with Crippen LogP contribution in [0.5, 0.6) is 0 Å². The summed E-state index contributed by atoms with van der Waals surface area (Å²) in [5.74, 6) is -0.338. The molecule has 4 bridgehead atoms. The summed E-state index contributed by atoms with van der Waals surface area (Å²) in [4.78, 5) is 29.0. The molecule has 0 aromatic rings. The van der Waals surface area contributed by atoms with Gasteiger partial charge in [0.2, 0.25) is 11.8 Å². The van der Waals surface area contributed by atoms with Gasteiger partial charge in [0.1, 0.15) is 5.41 Å². The number of likely N-dealkylation sites (N-methyl/N-ethyl adjacent to an activating group) is 2. The Bertz CT molecular complexity index is 584. The van der Waals surface area contributed by atoms with Crippen molar-refractivity contribution >= 4 is 11.8 Å². The molecule has 106 valence electrons. The largest absolute Gasteiger partial charge is 0.392 e. The van der Waals surface area contributed by atoms with Gasteiger partial charge in [-0.3, -0.25) is 9.59 Å². The fourth-order valence-electron chi connectivity index (χ4n) is 4.71. The SMILES string of the molecule is CN1C(=O)[C@]23C=C[C@H]1[C@H]1C=C[C@]2(CC[C@@H]3O)N(C)C1=O. The van der Waals surface area contributed by atoms with Crippen LogP contribution in [0.25, 0.3) is 0 Å². The Hall–Kier alpha value is -1.62. The van der Waals surface area contributed by atoms with Crippen LogP contribution in [0.15, 0.2) is 24.3 Å². The lowest BCUT2D eigenvalue weighted by atomic mass is 9.61. The van der Waals surface area contributed by atoms with Gasteiger partial charge < -0.3 is 14.9 Å². The molecule has 1 N–H and O–H groups in total. The smallest absolute Gasteiger partial charge is 0.238 e. The zero-order chi connectivity index (χ0) is 14.3. The molecule has 2 amide bonds. The molecule has 1 saturated heterocycles. The minimum atomic E-state index is -1.02. The van der Waals surface area contributed by atoms with Gasteiger partial charge in [0.15, 0.2) is 0 Å². The van der Waals surface area contributed by atoms with Gasteiger partial charge in [0, 0.05) is 14.1 Å². The second kappa shape index (κ2) is 3.34. The summed E-state index contributed by atoms with van der Waals surface area (Å²) < 4.78 is 0. The summed E-state index contributed by atoms with van der Waals surface area (Å²) in [5, 5.41) is 10.6. The maximum Gasteiger partial charge on any atom is 0.238 e. The standard InChI is InChI=1S/C15H18N2O3/c1-16-10-4-8-15(13(16)20)11(18)5-7-14(15)6-3-9(10)12(19)17(14)2/h3-4,6,8-11,18H,5,7H2,1-2H3/t9-,10+,11+,14-,15-/m1/s1. The first kappa shape index (κ1) is 12.1. The second-order valence-electron chi connectivity index (χ2n) is 6.40. The molecule has 2 spiro atoms. The van der Waals surface area contributed by atoms with E-state index in [2.05, 4.69) is 0 Å². The highest BCUT2D eigenvalue weighted by Crippen LogP contribution is 2.58. The molecule has 5 heteroatoms. The molecular formula is C15H18N2O3. The predicted octanol–water partition coefficient (Wildman–Crippen LogP) is -0.0789. The molecule has 5 nitrogen and oxygen atoms in total. The van der Waals surface area contributed by atoms with Crippen LogP contribution in [0, 0.1) is 11.3 Å². The quantitative estimate of drug-likeness (QED) is 0.629. The summed E-state index contributed by atoms with van der Waals surface area (Å²) in [5.41, 5.74) is -1.74. The van der Waals surface area contributed by atoms with Crippen LogP contribution in [0.4, 0.5) is 0 Å². The molecule has 7 rings (SSSR count). The minimum absolute atomic E-state index is 0.0414. The first-order chi connectivity index (χ1) is 9.45. The van der Waals surface area contributed by atoms with E-state index >= 15 is 0 Å². The second-order valence-corrected chi connectivity index (χ2v) is 6.40. The van der Waals surface area contributed by atoms with Crippen molar-refractivity contribution in [2.45, 2.75) is 30.5 Å². The van der Waals surface area contributed by atoms with Crippen molar-refractivity contribution in [2.24, 2.45) is 11.3 Å². The van der Waals surface area contributed by atoms with E-state index in [1.54, 1.807) is 23.9 Å². The molecule has 5 heterocycles. The van der Waals surface area contributed by atoms with Crippen LogP contribution in [-0.4, -0.2) is 58.5 Å². The van der Waals surface area contributed by atoms with E-state index in [1.165, 1.54) is 0 Å². The molecule has 1 saturated carbocycles. The molecule has 0 aromatic carbocycles. The lowest BCUT2D eigenvalue weighted by molar-refractivity contribution is -0.165. The Morgan fingerprint density at radius 1 is 1.25 bits per heavy atom. The van der Waals surface area contributed by atoms with E-state index in [-0.39, 0.29) is 23.8 Å². The molecule has 5 atom stereocenters.